The number of ketones is 1. The van der Waals surface area contributed by atoms with Crippen molar-refractivity contribution in [2.45, 2.75) is 90.4 Å². The van der Waals surface area contributed by atoms with Crippen molar-refractivity contribution in [3.8, 4) is 0 Å². The Bertz CT molecular complexity index is 1020. The molecule has 5 nitrogen and oxygen atoms in total. The van der Waals surface area contributed by atoms with E-state index in [0.717, 1.165) is 24.8 Å². The molecule has 7 rings (SSSR count). The molecule has 0 N–H and O–H groups in total. The second-order valence-corrected chi connectivity index (χ2v) is 11.5. The number of esters is 1. The van der Waals surface area contributed by atoms with Crippen molar-refractivity contribution < 1.29 is 23.5 Å². The summed E-state index contributed by atoms with van der Waals surface area (Å²) in [4.78, 5) is 26.6. The van der Waals surface area contributed by atoms with Gasteiger partial charge in [0.1, 0.15) is 11.4 Å². The van der Waals surface area contributed by atoms with Crippen molar-refractivity contribution in [2.24, 2.45) is 22.2 Å². The van der Waals surface area contributed by atoms with Crippen molar-refractivity contribution in [3.05, 3.63) is 35.3 Å². The number of fused-ring (bicyclic) bond motifs is 2. The highest BCUT2D eigenvalue weighted by Gasteiger charge is 2.83. The van der Waals surface area contributed by atoms with Gasteiger partial charge in [0.15, 0.2) is 0 Å². The van der Waals surface area contributed by atoms with Crippen LogP contribution in [0.25, 0.3) is 0 Å². The fourth-order valence-electron chi connectivity index (χ4n) is 9.11. The normalized spacial score (nSPS) is 50.2. The molecular weight excluding hydrogens is 392 g/mol. The fourth-order valence-corrected chi connectivity index (χ4v) is 9.11. The average molecular weight is 425 g/mol. The van der Waals surface area contributed by atoms with E-state index in [-0.39, 0.29) is 41.2 Å². The third kappa shape index (κ3) is 1.95. The van der Waals surface area contributed by atoms with Crippen LogP contribution >= 0.6 is 0 Å². The van der Waals surface area contributed by atoms with E-state index in [9.17, 15) is 9.59 Å². The summed E-state index contributed by atoms with van der Waals surface area (Å²) in [6.07, 6.45) is 6.47. The molecule has 1 aromatic rings. The maximum absolute atomic E-state index is 13.8. The van der Waals surface area contributed by atoms with Crippen LogP contribution in [-0.4, -0.2) is 29.6 Å². The molecule has 0 aromatic carbocycles. The van der Waals surface area contributed by atoms with Gasteiger partial charge < -0.3 is 13.9 Å². The number of ether oxygens (including phenoxy) is 2. The zero-order valence-corrected chi connectivity index (χ0v) is 19.1. The molecule has 4 bridgehead atoms. The zero-order chi connectivity index (χ0) is 22.0. The number of rotatable bonds is 1. The first-order valence-electron chi connectivity index (χ1n) is 11.7. The molecule has 31 heavy (non-hydrogen) atoms. The molecule has 1 aromatic heterocycles. The third-order valence-electron chi connectivity index (χ3n) is 10.4. The Hall–Kier alpha value is -1.88. The van der Waals surface area contributed by atoms with Crippen LogP contribution in [-0.2, 0) is 19.1 Å². The lowest BCUT2D eigenvalue weighted by atomic mass is 9.35. The number of Topliss-reactive ketones (excluding diaryl/α,β-unsaturated/α-hetero) is 1. The average Bonchev–Trinajstić information content (AvgIpc) is 3.30. The van der Waals surface area contributed by atoms with Gasteiger partial charge in [-0.05, 0) is 63.0 Å². The van der Waals surface area contributed by atoms with Gasteiger partial charge in [0.2, 0.25) is 0 Å². The molecule has 3 aliphatic carbocycles. The predicted molar refractivity (Wildman–Crippen MR) is 113 cm³/mol. The molecule has 0 amide bonds. The molecule has 6 aliphatic rings. The smallest absolute Gasteiger partial charge is 0.309 e. The summed E-state index contributed by atoms with van der Waals surface area (Å²) in [5.41, 5.74) is 1.94. The molecule has 3 saturated carbocycles. The first-order valence-corrected chi connectivity index (χ1v) is 11.7. The lowest BCUT2D eigenvalue weighted by Crippen LogP contribution is -2.82. The highest BCUT2D eigenvalue weighted by molar-refractivity contribution is 5.88. The predicted octanol–water partition coefficient (Wildman–Crippen LogP) is 4.96. The van der Waals surface area contributed by atoms with E-state index in [1.807, 2.05) is 6.07 Å². The van der Waals surface area contributed by atoms with Crippen molar-refractivity contribution >= 4 is 11.8 Å². The van der Waals surface area contributed by atoms with E-state index in [4.69, 9.17) is 13.9 Å². The Labute approximate surface area is 183 Å². The standard InChI is InChI=1S/C26H32O5/c1-14(2)16-11-19-25(5)22-18(27)10-17(15-6-9-29-13-15)23(22,3)7-8-26(25)24(16,4)20(30-19)12-21(28)31-26/h6,9,13,17,19-20,22H,7-8,10-12H2,1-5H3. The molecule has 4 heterocycles. The number of allylic oxidation sites excluding steroid dienone is 1. The van der Waals surface area contributed by atoms with Crippen molar-refractivity contribution in [3.63, 3.8) is 0 Å². The third-order valence-corrected chi connectivity index (χ3v) is 10.4. The molecule has 6 fully saturated rings. The summed E-state index contributed by atoms with van der Waals surface area (Å²) in [7, 11) is 0. The molecule has 3 saturated heterocycles. The van der Waals surface area contributed by atoms with Crippen LogP contribution < -0.4 is 0 Å². The molecule has 0 radical (unpaired) electrons. The number of carbonyl (C=O) groups is 2. The van der Waals surface area contributed by atoms with E-state index >= 15 is 0 Å². The van der Waals surface area contributed by atoms with Crippen LogP contribution in [0.4, 0.5) is 0 Å². The van der Waals surface area contributed by atoms with E-state index < -0.39 is 16.4 Å². The largest absolute Gasteiger partial charge is 0.472 e. The van der Waals surface area contributed by atoms with Crippen molar-refractivity contribution in [1.82, 2.24) is 0 Å². The van der Waals surface area contributed by atoms with Gasteiger partial charge in [-0.15, -0.1) is 0 Å². The number of hydrogen-bond donors (Lipinski definition) is 0. The number of carbonyl (C=O) groups excluding carboxylic acids is 2. The molecular formula is C26H32O5. The van der Waals surface area contributed by atoms with Gasteiger partial charge >= 0.3 is 5.97 Å². The molecule has 8 unspecified atom stereocenters. The van der Waals surface area contributed by atoms with E-state index in [1.54, 1.807) is 12.5 Å². The fraction of sp³-hybridized carbons (Fsp3) is 0.692. The Morgan fingerprint density at radius 1 is 1.03 bits per heavy atom. The summed E-state index contributed by atoms with van der Waals surface area (Å²) in [6, 6.07) is 2.00. The minimum atomic E-state index is -0.696. The molecule has 3 aliphatic heterocycles. The molecule has 1 spiro atoms. The van der Waals surface area contributed by atoms with Crippen LogP contribution in [0.2, 0.25) is 0 Å². The lowest BCUT2D eigenvalue weighted by molar-refractivity contribution is -0.364. The Balaban J connectivity index is 1.57. The number of furan rings is 1. The minimum absolute atomic E-state index is 0.117. The van der Waals surface area contributed by atoms with Crippen LogP contribution in [0, 0.1) is 22.2 Å². The monoisotopic (exact) mass is 424 g/mol. The van der Waals surface area contributed by atoms with E-state index in [2.05, 4.69) is 34.6 Å². The van der Waals surface area contributed by atoms with Crippen LogP contribution in [0.3, 0.4) is 0 Å². The van der Waals surface area contributed by atoms with E-state index in [0.29, 0.717) is 12.8 Å². The zero-order valence-electron chi connectivity index (χ0n) is 19.1. The van der Waals surface area contributed by atoms with Gasteiger partial charge in [-0.3, -0.25) is 9.59 Å². The number of hydrogen-bond acceptors (Lipinski definition) is 5. The van der Waals surface area contributed by atoms with Gasteiger partial charge in [0.25, 0.3) is 0 Å². The quantitative estimate of drug-likeness (QED) is 0.471. The lowest BCUT2D eigenvalue weighted by Gasteiger charge is -2.75. The van der Waals surface area contributed by atoms with Gasteiger partial charge in [-0.2, -0.15) is 0 Å². The van der Waals surface area contributed by atoms with Crippen LogP contribution in [0.1, 0.15) is 78.2 Å². The van der Waals surface area contributed by atoms with Gasteiger partial charge in [0, 0.05) is 17.8 Å². The first kappa shape index (κ1) is 19.8. The summed E-state index contributed by atoms with van der Waals surface area (Å²) in [5.74, 6) is 0.0299. The van der Waals surface area contributed by atoms with Gasteiger partial charge in [-0.1, -0.05) is 25.0 Å². The highest BCUT2D eigenvalue weighted by atomic mass is 16.6. The van der Waals surface area contributed by atoms with E-state index in [1.165, 1.54) is 11.1 Å². The SMILES string of the molecule is CC(C)=C1CC2OC3CC(=O)OC4(CCC5(C)C(c6ccoc6)CC(=O)C5C24C)C13C. The second kappa shape index (κ2) is 5.72. The van der Waals surface area contributed by atoms with Gasteiger partial charge in [0.05, 0.1) is 36.6 Å². The minimum Gasteiger partial charge on any atom is -0.472 e. The van der Waals surface area contributed by atoms with Crippen molar-refractivity contribution in [1.29, 1.82) is 0 Å². The topological polar surface area (TPSA) is 65.7 Å². The molecule has 8 atom stereocenters. The maximum atomic E-state index is 13.8. The van der Waals surface area contributed by atoms with Crippen LogP contribution in [0.15, 0.2) is 34.2 Å². The summed E-state index contributed by atoms with van der Waals surface area (Å²) in [5, 5.41) is 0. The Morgan fingerprint density at radius 3 is 2.48 bits per heavy atom. The highest BCUT2D eigenvalue weighted by Crippen LogP contribution is 2.78. The van der Waals surface area contributed by atoms with Crippen molar-refractivity contribution in [2.75, 3.05) is 0 Å². The first-order chi connectivity index (χ1) is 14.6. The van der Waals surface area contributed by atoms with Crippen LogP contribution in [0.5, 0.6) is 0 Å². The summed E-state index contributed by atoms with van der Waals surface area (Å²) < 4.78 is 18.6. The summed E-state index contributed by atoms with van der Waals surface area (Å²) in [6.45, 7) is 11.0. The Kier molecular flexibility index (Phi) is 3.65. The van der Waals surface area contributed by atoms with Gasteiger partial charge in [-0.25, -0.2) is 0 Å². The molecule has 5 heteroatoms. The second-order valence-electron chi connectivity index (χ2n) is 11.5. The Morgan fingerprint density at radius 2 is 1.81 bits per heavy atom. The maximum Gasteiger partial charge on any atom is 0.309 e. The summed E-state index contributed by atoms with van der Waals surface area (Å²) >= 11 is 0. The molecule has 166 valence electrons.